The number of benzene rings is 2. The molecule has 4 heteroatoms. The first-order chi connectivity index (χ1) is 12.0. The lowest BCUT2D eigenvalue weighted by atomic mass is 9.69. The third-order valence-electron chi connectivity index (χ3n) is 5.51. The van der Waals surface area contributed by atoms with Crippen LogP contribution in [0.1, 0.15) is 45.6 Å². The molecule has 1 aliphatic carbocycles. The van der Waals surface area contributed by atoms with Crippen molar-refractivity contribution in [2.45, 2.75) is 31.7 Å². The summed E-state index contributed by atoms with van der Waals surface area (Å²) in [5, 5.41) is 0. The van der Waals surface area contributed by atoms with Crippen molar-refractivity contribution in [1.29, 1.82) is 0 Å². The van der Waals surface area contributed by atoms with E-state index in [0.29, 0.717) is 18.6 Å². The van der Waals surface area contributed by atoms with E-state index >= 15 is 0 Å². The highest BCUT2D eigenvalue weighted by Crippen LogP contribution is 2.54. The number of aryl methyl sites for hydroxylation is 1. The molecule has 1 heterocycles. The summed E-state index contributed by atoms with van der Waals surface area (Å²) in [6.07, 6.45) is 0.558. The Labute approximate surface area is 147 Å². The SMILES string of the molecule is CCOC(=O)[C@]12Cc3cc(C)ccc3[C@H]1N(C)C(=O)c1ccccc12. The molecule has 128 valence electrons. The van der Waals surface area contributed by atoms with Gasteiger partial charge in [0.25, 0.3) is 5.91 Å². The van der Waals surface area contributed by atoms with Crippen molar-refractivity contribution in [2.75, 3.05) is 13.7 Å². The second-order valence-corrected chi connectivity index (χ2v) is 6.94. The van der Waals surface area contributed by atoms with E-state index in [0.717, 1.165) is 22.3 Å². The Kier molecular flexibility index (Phi) is 3.46. The summed E-state index contributed by atoms with van der Waals surface area (Å²) in [6, 6.07) is 13.3. The predicted octanol–water partition coefficient (Wildman–Crippen LogP) is 3.18. The molecule has 4 nitrogen and oxygen atoms in total. The number of nitrogens with zero attached hydrogens (tertiary/aromatic N) is 1. The number of carbonyl (C=O) groups is 2. The van der Waals surface area contributed by atoms with Gasteiger partial charge >= 0.3 is 5.97 Å². The molecule has 25 heavy (non-hydrogen) atoms. The zero-order chi connectivity index (χ0) is 17.8. The van der Waals surface area contributed by atoms with Gasteiger partial charge in [-0.2, -0.15) is 0 Å². The van der Waals surface area contributed by atoms with Gasteiger partial charge < -0.3 is 9.64 Å². The molecular formula is C21H21NO3. The first-order valence-electron chi connectivity index (χ1n) is 8.64. The lowest BCUT2D eigenvalue weighted by Crippen LogP contribution is -2.53. The number of fused-ring (bicyclic) bond motifs is 5. The molecule has 0 fully saturated rings. The minimum atomic E-state index is -0.870. The number of ether oxygens (including phenoxy) is 1. The first-order valence-corrected chi connectivity index (χ1v) is 8.64. The fraction of sp³-hybridized carbons (Fsp3) is 0.333. The average Bonchev–Trinajstić information content (AvgIpc) is 2.95. The second-order valence-electron chi connectivity index (χ2n) is 6.94. The smallest absolute Gasteiger partial charge is 0.319 e. The van der Waals surface area contributed by atoms with Crippen molar-refractivity contribution < 1.29 is 14.3 Å². The second kappa shape index (κ2) is 5.45. The molecule has 0 saturated carbocycles. The monoisotopic (exact) mass is 335 g/mol. The van der Waals surface area contributed by atoms with Crippen LogP contribution < -0.4 is 0 Å². The third-order valence-corrected chi connectivity index (χ3v) is 5.51. The van der Waals surface area contributed by atoms with Gasteiger partial charge in [0.15, 0.2) is 0 Å². The molecule has 2 aromatic carbocycles. The Morgan fingerprint density at radius 2 is 2.04 bits per heavy atom. The van der Waals surface area contributed by atoms with Crippen LogP contribution in [0.15, 0.2) is 42.5 Å². The minimum Gasteiger partial charge on any atom is -0.465 e. The fourth-order valence-electron chi connectivity index (χ4n) is 4.52. The van der Waals surface area contributed by atoms with E-state index < -0.39 is 5.41 Å². The van der Waals surface area contributed by atoms with Crippen LogP contribution in [-0.4, -0.2) is 30.4 Å². The molecule has 0 bridgehead atoms. The Hall–Kier alpha value is -2.62. The minimum absolute atomic E-state index is 0.0473. The number of rotatable bonds is 2. The molecule has 0 aromatic heterocycles. The predicted molar refractivity (Wildman–Crippen MR) is 94.5 cm³/mol. The van der Waals surface area contributed by atoms with Crippen LogP contribution in [0.4, 0.5) is 0 Å². The molecule has 1 aliphatic heterocycles. The first kappa shape index (κ1) is 15.9. The molecule has 0 unspecified atom stereocenters. The number of hydrogen-bond donors (Lipinski definition) is 0. The Balaban J connectivity index is 2.02. The number of amides is 1. The van der Waals surface area contributed by atoms with Crippen molar-refractivity contribution in [2.24, 2.45) is 0 Å². The van der Waals surface area contributed by atoms with Crippen LogP contribution in [0, 0.1) is 6.92 Å². The van der Waals surface area contributed by atoms with E-state index in [4.69, 9.17) is 4.74 Å². The summed E-state index contributed by atoms with van der Waals surface area (Å²) in [7, 11) is 1.78. The number of hydrogen-bond acceptors (Lipinski definition) is 3. The van der Waals surface area contributed by atoms with Crippen LogP contribution >= 0.6 is 0 Å². The van der Waals surface area contributed by atoms with Gasteiger partial charge in [0.2, 0.25) is 0 Å². The zero-order valence-electron chi connectivity index (χ0n) is 14.7. The highest BCUT2D eigenvalue weighted by Gasteiger charge is 2.60. The van der Waals surface area contributed by atoms with Crippen molar-refractivity contribution in [3.63, 3.8) is 0 Å². The maximum atomic E-state index is 13.2. The highest BCUT2D eigenvalue weighted by molar-refractivity contribution is 6.02. The summed E-state index contributed by atoms with van der Waals surface area (Å²) < 4.78 is 5.51. The summed E-state index contributed by atoms with van der Waals surface area (Å²) in [6.45, 7) is 4.18. The highest BCUT2D eigenvalue weighted by atomic mass is 16.5. The van der Waals surface area contributed by atoms with Crippen molar-refractivity contribution in [3.05, 3.63) is 70.3 Å². The molecule has 1 amide bonds. The Bertz CT molecular complexity index is 888. The van der Waals surface area contributed by atoms with Crippen LogP contribution in [0.5, 0.6) is 0 Å². The third kappa shape index (κ3) is 2.00. The number of esters is 1. The molecular weight excluding hydrogens is 314 g/mol. The molecule has 2 aliphatic rings. The van der Waals surface area contributed by atoms with E-state index in [2.05, 4.69) is 6.07 Å². The summed E-state index contributed by atoms with van der Waals surface area (Å²) in [5.41, 5.74) is 3.83. The summed E-state index contributed by atoms with van der Waals surface area (Å²) >= 11 is 0. The normalized spacial score (nSPS) is 23.7. The maximum Gasteiger partial charge on any atom is 0.319 e. The van der Waals surface area contributed by atoms with Crippen LogP contribution in [0.25, 0.3) is 0 Å². The molecule has 4 rings (SSSR count). The van der Waals surface area contributed by atoms with Gasteiger partial charge in [0, 0.05) is 12.6 Å². The Morgan fingerprint density at radius 1 is 1.28 bits per heavy atom. The van der Waals surface area contributed by atoms with E-state index in [9.17, 15) is 9.59 Å². The average molecular weight is 335 g/mol. The van der Waals surface area contributed by atoms with Gasteiger partial charge in [-0.15, -0.1) is 0 Å². The molecule has 0 saturated heterocycles. The quantitative estimate of drug-likeness (QED) is 0.792. The number of likely N-dealkylation sites (N-methyl/N-ethyl adjacent to an activating group) is 1. The van der Waals surface area contributed by atoms with E-state index in [-0.39, 0.29) is 17.9 Å². The van der Waals surface area contributed by atoms with Crippen molar-refractivity contribution in [3.8, 4) is 0 Å². The van der Waals surface area contributed by atoms with Gasteiger partial charge in [-0.1, -0.05) is 42.0 Å². The topological polar surface area (TPSA) is 46.6 Å². The van der Waals surface area contributed by atoms with Gasteiger partial charge in [-0.3, -0.25) is 9.59 Å². The van der Waals surface area contributed by atoms with Gasteiger partial charge in [-0.05, 0) is 43.0 Å². The van der Waals surface area contributed by atoms with Crippen LogP contribution in [0.3, 0.4) is 0 Å². The maximum absolute atomic E-state index is 13.2. The Morgan fingerprint density at radius 3 is 2.80 bits per heavy atom. The van der Waals surface area contributed by atoms with E-state index in [1.807, 2.05) is 44.2 Å². The lowest BCUT2D eigenvalue weighted by Gasteiger charge is -2.44. The van der Waals surface area contributed by atoms with Crippen LogP contribution in [-0.2, 0) is 21.4 Å². The molecule has 0 N–H and O–H groups in total. The molecule has 2 aromatic rings. The molecule has 2 atom stereocenters. The summed E-state index contributed by atoms with van der Waals surface area (Å²) in [5.74, 6) is -0.297. The van der Waals surface area contributed by atoms with Crippen molar-refractivity contribution >= 4 is 11.9 Å². The standard InChI is InChI=1S/C21H21NO3/c1-4-25-20(24)21-12-14-11-13(2)9-10-15(14)18(21)22(3)19(23)16-7-5-6-8-17(16)21/h5-11,18H,4,12H2,1-3H3/t18-,21+/m1/s1. The van der Waals surface area contributed by atoms with Crippen molar-refractivity contribution in [1.82, 2.24) is 4.90 Å². The lowest BCUT2D eigenvalue weighted by molar-refractivity contribution is -0.152. The summed E-state index contributed by atoms with van der Waals surface area (Å²) in [4.78, 5) is 27.9. The number of carbonyl (C=O) groups excluding carboxylic acids is 2. The van der Waals surface area contributed by atoms with Gasteiger partial charge in [0.1, 0.15) is 5.41 Å². The molecule has 0 spiro atoms. The van der Waals surface area contributed by atoms with Gasteiger partial charge in [0.05, 0.1) is 12.6 Å². The molecule has 0 radical (unpaired) electrons. The largest absolute Gasteiger partial charge is 0.465 e. The van der Waals surface area contributed by atoms with Gasteiger partial charge in [-0.25, -0.2) is 0 Å². The van der Waals surface area contributed by atoms with Crippen LogP contribution in [0.2, 0.25) is 0 Å². The zero-order valence-corrected chi connectivity index (χ0v) is 14.7. The van der Waals surface area contributed by atoms with E-state index in [1.165, 1.54) is 0 Å². The fourth-order valence-corrected chi connectivity index (χ4v) is 4.52. The van der Waals surface area contributed by atoms with E-state index in [1.54, 1.807) is 18.0 Å².